The van der Waals surface area contributed by atoms with E-state index in [0.29, 0.717) is 0 Å². The van der Waals surface area contributed by atoms with Crippen LogP contribution in [0.25, 0.3) is 10.9 Å². The van der Waals surface area contributed by atoms with Gasteiger partial charge in [0, 0.05) is 29.0 Å². The Morgan fingerprint density at radius 1 is 1.40 bits per heavy atom. The van der Waals surface area contributed by atoms with Gasteiger partial charge < -0.3 is 9.88 Å². The number of para-hydroxylation sites is 1. The zero-order valence-electron chi connectivity index (χ0n) is 11.4. The number of nitrogens with one attached hydrogen (secondary N) is 1. The van der Waals surface area contributed by atoms with Crippen molar-refractivity contribution in [1.82, 2.24) is 9.97 Å². The van der Waals surface area contributed by atoms with Crippen LogP contribution in [0.3, 0.4) is 0 Å². The van der Waals surface area contributed by atoms with Gasteiger partial charge in [-0.05, 0) is 41.4 Å². The number of fused-ring (bicyclic) bond motifs is 1. The molecule has 2 aromatic heterocycles. The van der Waals surface area contributed by atoms with Crippen LogP contribution in [-0.4, -0.2) is 16.5 Å². The fourth-order valence-corrected chi connectivity index (χ4v) is 3.62. The van der Waals surface area contributed by atoms with Gasteiger partial charge in [0.05, 0.1) is 6.04 Å². The largest absolute Gasteiger partial charge is 0.361 e. The van der Waals surface area contributed by atoms with Gasteiger partial charge in [-0.15, -0.1) is 11.3 Å². The van der Waals surface area contributed by atoms with Gasteiger partial charge in [0.15, 0.2) is 3.92 Å². The molecular weight excluding hydrogens is 334 g/mol. The van der Waals surface area contributed by atoms with Gasteiger partial charge in [0.25, 0.3) is 0 Å². The van der Waals surface area contributed by atoms with Crippen LogP contribution in [0.1, 0.15) is 25.5 Å². The fraction of sp³-hybridized carbons (Fsp3) is 0.267. The summed E-state index contributed by atoms with van der Waals surface area (Å²) in [4.78, 5) is 10.2. The van der Waals surface area contributed by atoms with Crippen molar-refractivity contribution in [2.24, 2.45) is 0 Å². The molecule has 0 fully saturated rings. The van der Waals surface area contributed by atoms with E-state index in [9.17, 15) is 0 Å². The maximum Gasteiger partial charge on any atom is 0.161 e. The zero-order chi connectivity index (χ0) is 14.1. The van der Waals surface area contributed by atoms with Gasteiger partial charge in [-0.3, -0.25) is 0 Å². The molecule has 0 amide bonds. The number of hydrogen-bond donors (Lipinski definition) is 1. The molecule has 3 nitrogen and oxygen atoms in total. The molecule has 0 aliphatic rings. The highest BCUT2D eigenvalue weighted by Gasteiger charge is 2.19. The molecule has 5 heteroatoms. The number of aromatic nitrogens is 2. The minimum absolute atomic E-state index is 0.283. The SMILES string of the molecule is CCN(c1csc(Br)n1)C(C)c1c[nH]c2ccccc12. The molecule has 1 N–H and O–H groups in total. The zero-order valence-corrected chi connectivity index (χ0v) is 13.8. The van der Waals surface area contributed by atoms with Crippen LogP contribution < -0.4 is 4.90 Å². The Morgan fingerprint density at radius 3 is 2.90 bits per heavy atom. The summed E-state index contributed by atoms with van der Waals surface area (Å²) in [6, 6.07) is 8.71. The van der Waals surface area contributed by atoms with E-state index in [1.165, 1.54) is 16.5 Å². The third-order valence-corrected chi connectivity index (χ3v) is 4.99. The van der Waals surface area contributed by atoms with E-state index >= 15 is 0 Å². The molecule has 0 saturated heterocycles. The Hall–Kier alpha value is -1.33. The Kier molecular flexibility index (Phi) is 3.81. The highest BCUT2D eigenvalue weighted by atomic mass is 79.9. The predicted molar refractivity (Wildman–Crippen MR) is 89.5 cm³/mol. The van der Waals surface area contributed by atoms with Crippen LogP contribution in [0.15, 0.2) is 39.8 Å². The molecular formula is C15H16BrN3S. The van der Waals surface area contributed by atoms with Crippen LogP contribution in [0.4, 0.5) is 5.82 Å². The maximum absolute atomic E-state index is 4.54. The Labute approximate surface area is 130 Å². The predicted octanol–water partition coefficient (Wildman–Crippen LogP) is 4.97. The quantitative estimate of drug-likeness (QED) is 0.720. The summed E-state index contributed by atoms with van der Waals surface area (Å²) in [5.74, 6) is 1.03. The molecule has 0 spiro atoms. The fourth-order valence-electron chi connectivity index (χ4n) is 2.62. The van der Waals surface area contributed by atoms with Crippen molar-refractivity contribution in [2.45, 2.75) is 19.9 Å². The lowest BCUT2D eigenvalue weighted by Gasteiger charge is -2.28. The molecule has 3 rings (SSSR count). The molecule has 0 saturated carbocycles. The molecule has 2 heterocycles. The van der Waals surface area contributed by atoms with Gasteiger partial charge in [0.2, 0.25) is 0 Å². The standard InChI is InChI=1S/C15H16BrN3S/c1-3-19(14-9-20-15(16)18-14)10(2)12-8-17-13-7-5-4-6-11(12)13/h4-10,17H,3H2,1-2H3. The maximum atomic E-state index is 4.54. The lowest BCUT2D eigenvalue weighted by Crippen LogP contribution is -2.26. The summed E-state index contributed by atoms with van der Waals surface area (Å²) in [6.07, 6.45) is 2.11. The molecule has 0 aliphatic heterocycles. The first-order valence-corrected chi connectivity index (χ1v) is 8.31. The first kappa shape index (κ1) is 13.6. The second-order valence-corrected chi connectivity index (χ2v) is 6.84. The summed E-state index contributed by atoms with van der Waals surface area (Å²) >= 11 is 5.06. The molecule has 1 aromatic carbocycles. The van der Waals surface area contributed by atoms with E-state index in [1.807, 2.05) is 0 Å². The van der Waals surface area contributed by atoms with E-state index < -0.39 is 0 Å². The van der Waals surface area contributed by atoms with E-state index in [0.717, 1.165) is 16.3 Å². The summed E-state index contributed by atoms with van der Waals surface area (Å²) in [7, 11) is 0. The normalized spacial score (nSPS) is 12.8. The van der Waals surface area contributed by atoms with E-state index in [1.54, 1.807) is 11.3 Å². The number of benzene rings is 1. The van der Waals surface area contributed by atoms with E-state index in [2.05, 4.69) is 80.5 Å². The van der Waals surface area contributed by atoms with Crippen LogP contribution in [-0.2, 0) is 0 Å². The average molecular weight is 350 g/mol. The van der Waals surface area contributed by atoms with Crippen LogP contribution in [0.5, 0.6) is 0 Å². The van der Waals surface area contributed by atoms with Gasteiger partial charge >= 0.3 is 0 Å². The van der Waals surface area contributed by atoms with E-state index in [-0.39, 0.29) is 6.04 Å². The molecule has 104 valence electrons. The third kappa shape index (κ3) is 2.36. The lowest BCUT2D eigenvalue weighted by molar-refractivity contribution is 0.686. The summed E-state index contributed by atoms with van der Waals surface area (Å²) < 4.78 is 0.928. The van der Waals surface area contributed by atoms with E-state index in [4.69, 9.17) is 0 Å². The lowest BCUT2D eigenvalue weighted by atomic mass is 10.1. The molecule has 0 radical (unpaired) electrons. The molecule has 1 atom stereocenters. The monoisotopic (exact) mass is 349 g/mol. The van der Waals surface area contributed by atoms with Crippen molar-refractivity contribution in [3.63, 3.8) is 0 Å². The van der Waals surface area contributed by atoms with Crippen molar-refractivity contribution in [1.29, 1.82) is 0 Å². The highest BCUT2D eigenvalue weighted by Crippen LogP contribution is 2.32. The number of hydrogen-bond acceptors (Lipinski definition) is 3. The summed E-state index contributed by atoms with van der Waals surface area (Å²) in [6.45, 7) is 5.32. The smallest absolute Gasteiger partial charge is 0.161 e. The summed E-state index contributed by atoms with van der Waals surface area (Å²) in [5, 5.41) is 3.38. The minimum atomic E-state index is 0.283. The van der Waals surface area contributed by atoms with Gasteiger partial charge in [-0.25, -0.2) is 4.98 Å². The van der Waals surface area contributed by atoms with Gasteiger partial charge in [0.1, 0.15) is 5.82 Å². The molecule has 3 aromatic rings. The molecule has 1 unspecified atom stereocenters. The van der Waals surface area contributed by atoms with Crippen LogP contribution in [0, 0.1) is 0 Å². The van der Waals surface area contributed by atoms with Crippen molar-refractivity contribution in [3.8, 4) is 0 Å². The Morgan fingerprint density at radius 2 is 2.20 bits per heavy atom. The summed E-state index contributed by atoms with van der Waals surface area (Å²) in [5.41, 5.74) is 2.50. The number of rotatable bonds is 4. The number of nitrogens with zero attached hydrogens (tertiary/aromatic N) is 2. The number of halogens is 1. The van der Waals surface area contributed by atoms with Crippen molar-refractivity contribution in [3.05, 3.63) is 45.3 Å². The second kappa shape index (κ2) is 5.58. The number of H-pyrrole nitrogens is 1. The molecule has 0 bridgehead atoms. The van der Waals surface area contributed by atoms with Crippen LogP contribution >= 0.6 is 27.3 Å². The number of thiazole rings is 1. The number of aromatic amines is 1. The van der Waals surface area contributed by atoms with Gasteiger partial charge in [-0.1, -0.05) is 18.2 Å². The third-order valence-electron chi connectivity index (χ3n) is 3.64. The highest BCUT2D eigenvalue weighted by molar-refractivity contribution is 9.11. The van der Waals surface area contributed by atoms with Crippen molar-refractivity contribution in [2.75, 3.05) is 11.4 Å². The first-order valence-electron chi connectivity index (χ1n) is 6.64. The minimum Gasteiger partial charge on any atom is -0.361 e. The topological polar surface area (TPSA) is 31.9 Å². The van der Waals surface area contributed by atoms with Crippen LogP contribution in [0.2, 0.25) is 0 Å². The Bertz CT molecular complexity index is 719. The second-order valence-electron chi connectivity index (χ2n) is 4.71. The van der Waals surface area contributed by atoms with Crippen molar-refractivity contribution < 1.29 is 0 Å². The first-order chi connectivity index (χ1) is 9.70. The Balaban J connectivity index is 2.00. The van der Waals surface area contributed by atoms with Crippen molar-refractivity contribution >= 4 is 44.0 Å². The number of anilines is 1. The average Bonchev–Trinajstić information content (AvgIpc) is 3.06. The van der Waals surface area contributed by atoms with Gasteiger partial charge in [-0.2, -0.15) is 0 Å². The molecule has 20 heavy (non-hydrogen) atoms. The molecule has 0 aliphatic carbocycles.